The number of unbranched alkanes of at least 4 members (excludes halogenated alkanes) is 1. The Morgan fingerprint density at radius 2 is 2.12 bits per heavy atom. The Morgan fingerprint density at radius 1 is 1.41 bits per heavy atom. The van der Waals surface area contributed by atoms with E-state index < -0.39 is 17.5 Å². The van der Waals surface area contributed by atoms with E-state index in [0.717, 1.165) is 4.90 Å². The van der Waals surface area contributed by atoms with Crippen LogP contribution in [0.5, 0.6) is 0 Å². The molecule has 0 aromatic heterocycles. The minimum absolute atomic E-state index is 0.0308. The number of hydrogen-bond donors (Lipinski definition) is 2. The van der Waals surface area contributed by atoms with Crippen molar-refractivity contribution in [3.63, 3.8) is 0 Å². The molecule has 1 unspecified atom stereocenters. The first-order valence-electron chi connectivity index (χ1n) is 5.60. The lowest BCUT2D eigenvalue weighted by molar-refractivity contribution is -0.152. The fourth-order valence-corrected chi connectivity index (χ4v) is 2.29. The van der Waals surface area contributed by atoms with Crippen LogP contribution in [-0.4, -0.2) is 40.3 Å². The SMILES string of the molecule is N#CCCCC1(C(=O)O)CCCN(C(=O)O)C1. The van der Waals surface area contributed by atoms with Crippen molar-refractivity contribution in [2.24, 2.45) is 5.41 Å². The van der Waals surface area contributed by atoms with E-state index in [1.54, 1.807) is 0 Å². The first-order valence-corrected chi connectivity index (χ1v) is 5.60. The number of carboxylic acid groups (broad SMARTS) is 2. The number of amides is 1. The summed E-state index contributed by atoms with van der Waals surface area (Å²) in [7, 11) is 0. The lowest BCUT2D eigenvalue weighted by Gasteiger charge is -2.38. The van der Waals surface area contributed by atoms with Crippen LogP contribution in [0, 0.1) is 16.7 Å². The van der Waals surface area contributed by atoms with Crippen LogP contribution < -0.4 is 0 Å². The van der Waals surface area contributed by atoms with Crippen LogP contribution in [0.25, 0.3) is 0 Å². The number of nitriles is 1. The van der Waals surface area contributed by atoms with Crippen molar-refractivity contribution in [3.8, 4) is 6.07 Å². The molecule has 1 amide bonds. The highest BCUT2D eigenvalue weighted by Crippen LogP contribution is 2.35. The molecule has 1 heterocycles. The van der Waals surface area contributed by atoms with Gasteiger partial charge in [-0.15, -0.1) is 0 Å². The highest BCUT2D eigenvalue weighted by Gasteiger charge is 2.43. The molecule has 0 aromatic carbocycles. The zero-order valence-corrected chi connectivity index (χ0v) is 9.56. The molecule has 2 N–H and O–H groups in total. The van der Waals surface area contributed by atoms with Crippen molar-refractivity contribution in [2.75, 3.05) is 13.1 Å². The molecule has 1 atom stereocenters. The molecule has 0 saturated carbocycles. The minimum atomic E-state index is -1.07. The molecule has 1 fully saturated rings. The van der Waals surface area contributed by atoms with Gasteiger partial charge in [-0.3, -0.25) is 4.79 Å². The van der Waals surface area contributed by atoms with Gasteiger partial charge >= 0.3 is 12.1 Å². The predicted octanol–water partition coefficient (Wildman–Crippen LogP) is 1.53. The molecule has 1 rings (SSSR count). The second-order valence-electron chi connectivity index (χ2n) is 4.40. The van der Waals surface area contributed by atoms with Gasteiger partial charge in [-0.25, -0.2) is 4.79 Å². The molecule has 0 aromatic rings. The van der Waals surface area contributed by atoms with E-state index in [4.69, 9.17) is 10.4 Å². The van der Waals surface area contributed by atoms with Crippen molar-refractivity contribution >= 4 is 12.1 Å². The number of hydrogen-bond acceptors (Lipinski definition) is 3. The van der Waals surface area contributed by atoms with Crippen LogP contribution >= 0.6 is 0 Å². The summed E-state index contributed by atoms with van der Waals surface area (Å²) in [6, 6.07) is 1.97. The fraction of sp³-hybridized carbons (Fsp3) is 0.727. The lowest BCUT2D eigenvalue weighted by Crippen LogP contribution is -2.49. The summed E-state index contributed by atoms with van der Waals surface area (Å²) < 4.78 is 0. The number of likely N-dealkylation sites (tertiary alicyclic amines) is 1. The molecule has 0 aliphatic carbocycles. The Kier molecular flexibility index (Phi) is 4.32. The fourth-order valence-electron chi connectivity index (χ4n) is 2.29. The van der Waals surface area contributed by atoms with Crippen LogP contribution in [0.15, 0.2) is 0 Å². The second kappa shape index (κ2) is 5.53. The van der Waals surface area contributed by atoms with Gasteiger partial charge in [0.25, 0.3) is 0 Å². The third kappa shape index (κ3) is 3.09. The largest absolute Gasteiger partial charge is 0.481 e. The lowest BCUT2D eigenvalue weighted by atomic mass is 9.76. The quantitative estimate of drug-likeness (QED) is 0.725. The molecule has 94 valence electrons. The number of rotatable bonds is 4. The average Bonchev–Trinajstić information content (AvgIpc) is 2.29. The van der Waals surface area contributed by atoms with Crippen molar-refractivity contribution in [3.05, 3.63) is 0 Å². The van der Waals surface area contributed by atoms with Gasteiger partial charge in [-0.05, 0) is 25.7 Å². The summed E-state index contributed by atoms with van der Waals surface area (Å²) in [6.45, 7) is 0.422. The Balaban J connectivity index is 2.73. The van der Waals surface area contributed by atoms with Crippen LogP contribution in [0.2, 0.25) is 0 Å². The van der Waals surface area contributed by atoms with Gasteiger partial charge < -0.3 is 15.1 Å². The Hall–Kier alpha value is -1.77. The van der Waals surface area contributed by atoms with Crippen LogP contribution in [0.4, 0.5) is 4.79 Å². The molecule has 0 spiro atoms. The van der Waals surface area contributed by atoms with E-state index in [0.29, 0.717) is 38.6 Å². The number of carboxylic acids is 1. The van der Waals surface area contributed by atoms with Gasteiger partial charge in [0.15, 0.2) is 0 Å². The summed E-state index contributed by atoms with van der Waals surface area (Å²) in [5, 5.41) is 26.6. The summed E-state index contributed by atoms with van der Waals surface area (Å²) in [5.41, 5.74) is -1.01. The van der Waals surface area contributed by atoms with Crippen molar-refractivity contribution in [1.29, 1.82) is 5.26 Å². The molecule has 17 heavy (non-hydrogen) atoms. The smallest absolute Gasteiger partial charge is 0.407 e. The number of piperidine rings is 1. The maximum absolute atomic E-state index is 11.3. The maximum atomic E-state index is 11.3. The Labute approximate surface area is 99.4 Å². The summed E-state index contributed by atoms with van der Waals surface area (Å²) in [4.78, 5) is 23.4. The van der Waals surface area contributed by atoms with Crippen molar-refractivity contribution < 1.29 is 19.8 Å². The summed E-state index contributed by atoms with van der Waals surface area (Å²) in [5.74, 6) is -0.957. The highest BCUT2D eigenvalue weighted by molar-refractivity contribution is 5.76. The molecule has 6 heteroatoms. The molecule has 0 radical (unpaired) electrons. The first-order chi connectivity index (χ1) is 8.02. The normalized spacial score (nSPS) is 24.1. The third-order valence-electron chi connectivity index (χ3n) is 3.24. The average molecular weight is 240 g/mol. The van der Waals surface area contributed by atoms with E-state index >= 15 is 0 Å². The molecule has 1 aliphatic rings. The van der Waals surface area contributed by atoms with Gasteiger partial charge in [-0.2, -0.15) is 5.26 Å². The van der Waals surface area contributed by atoms with Gasteiger partial charge in [0.05, 0.1) is 11.5 Å². The number of aliphatic carboxylic acids is 1. The standard InChI is InChI=1S/C11H16N2O4/c12-6-2-1-4-11(9(14)15)5-3-7-13(8-11)10(16)17/h1-5,7-8H2,(H,14,15)(H,16,17). The summed E-state index contributed by atoms with van der Waals surface area (Å²) >= 11 is 0. The summed E-state index contributed by atoms with van der Waals surface area (Å²) in [6.07, 6.45) is 1.14. The van der Waals surface area contributed by atoms with Gasteiger partial charge in [-0.1, -0.05) is 0 Å². The predicted molar refractivity (Wildman–Crippen MR) is 58.4 cm³/mol. The maximum Gasteiger partial charge on any atom is 0.407 e. The number of nitrogens with zero attached hydrogens (tertiary/aromatic N) is 2. The molecular weight excluding hydrogens is 224 g/mol. The monoisotopic (exact) mass is 240 g/mol. The molecule has 0 bridgehead atoms. The van der Waals surface area contributed by atoms with Gasteiger partial charge in [0.1, 0.15) is 0 Å². The van der Waals surface area contributed by atoms with Crippen LogP contribution in [-0.2, 0) is 4.79 Å². The molecular formula is C11H16N2O4. The Bertz CT molecular complexity index is 350. The third-order valence-corrected chi connectivity index (χ3v) is 3.24. The van der Waals surface area contributed by atoms with Gasteiger partial charge in [0, 0.05) is 19.5 Å². The zero-order chi connectivity index (χ0) is 12.9. The van der Waals surface area contributed by atoms with E-state index in [-0.39, 0.29) is 6.54 Å². The molecule has 1 aliphatic heterocycles. The van der Waals surface area contributed by atoms with Crippen molar-refractivity contribution in [2.45, 2.75) is 32.1 Å². The van der Waals surface area contributed by atoms with E-state index in [1.165, 1.54) is 0 Å². The minimum Gasteiger partial charge on any atom is -0.481 e. The molecule has 6 nitrogen and oxygen atoms in total. The number of carbonyl (C=O) groups is 2. The first kappa shape index (κ1) is 13.3. The van der Waals surface area contributed by atoms with Crippen molar-refractivity contribution in [1.82, 2.24) is 4.90 Å². The van der Waals surface area contributed by atoms with E-state index in [2.05, 4.69) is 0 Å². The van der Waals surface area contributed by atoms with Gasteiger partial charge in [0.2, 0.25) is 0 Å². The van der Waals surface area contributed by atoms with Crippen LogP contribution in [0.3, 0.4) is 0 Å². The highest BCUT2D eigenvalue weighted by atomic mass is 16.4. The zero-order valence-electron chi connectivity index (χ0n) is 9.56. The Morgan fingerprint density at radius 3 is 2.65 bits per heavy atom. The van der Waals surface area contributed by atoms with E-state index in [9.17, 15) is 14.7 Å². The topological polar surface area (TPSA) is 102 Å². The molecule has 1 saturated heterocycles. The van der Waals surface area contributed by atoms with E-state index in [1.807, 2.05) is 6.07 Å². The van der Waals surface area contributed by atoms with Crippen LogP contribution in [0.1, 0.15) is 32.1 Å². The second-order valence-corrected chi connectivity index (χ2v) is 4.40.